The summed E-state index contributed by atoms with van der Waals surface area (Å²) >= 11 is 1.68. The van der Waals surface area contributed by atoms with Crippen LogP contribution >= 0.6 is 11.8 Å². The third-order valence-corrected chi connectivity index (χ3v) is 13.3. The zero-order valence-corrected chi connectivity index (χ0v) is 20.5. The fourth-order valence-electron chi connectivity index (χ4n) is 4.78. The maximum Gasteiger partial charge on any atom is 0.201 e. The molecule has 2 rings (SSSR count). The highest BCUT2D eigenvalue weighted by Gasteiger charge is 2.51. The van der Waals surface area contributed by atoms with Gasteiger partial charge in [-0.1, -0.05) is 71.5 Å². The fraction of sp³-hybridized carbons (Fsp3) is 0.727. The quantitative estimate of drug-likeness (QED) is 0.472. The fourth-order valence-corrected chi connectivity index (χ4v) is 11.5. The molecule has 6 heteroatoms. The minimum atomic E-state index is -2.03. The number of ether oxygens (including phenoxy) is 3. The van der Waals surface area contributed by atoms with E-state index in [-0.39, 0.29) is 23.7 Å². The summed E-state index contributed by atoms with van der Waals surface area (Å²) in [5.41, 5.74) is 1.43. The van der Waals surface area contributed by atoms with Crippen molar-refractivity contribution in [2.24, 2.45) is 0 Å². The number of hydrogen-bond donors (Lipinski definition) is 0. The SMILES string of the molecule is CO[C@@H]1[C@@H](OC)[C@H](Sc2ccccc2)OC[C@H]1O[Si](C(C)C)(C(C)C)C(C)C. The van der Waals surface area contributed by atoms with Gasteiger partial charge in [0.2, 0.25) is 8.32 Å². The van der Waals surface area contributed by atoms with Gasteiger partial charge in [0.25, 0.3) is 0 Å². The van der Waals surface area contributed by atoms with Gasteiger partial charge in [-0.25, -0.2) is 0 Å². The Labute approximate surface area is 176 Å². The van der Waals surface area contributed by atoms with Crippen LogP contribution in [0.25, 0.3) is 0 Å². The highest BCUT2D eigenvalue weighted by Crippen LogP contribution is 2.45. The second-order valence-electron chi connectivity index (χ2n) is 8.51. The Morgan fingerprint density at radius 2 is 1.43 bits per heavy atom. The average Bonchev–Trinajstić information content (AvgIpc) is 2.66. The molecule has 4 atom stereocenters. The molecule has 1 aromatic carbocycles. The second kappa shape index (κ2) is 10.6. The Kier molecular flexibility index (Phi) is 9.04. The molecule has 1 saturated heterocycles. The van der Waals surface area contributed by atoms with Crippen molar-refractivity contribution in [3.05, 3.63) is 30.3 Å². The lowest BCUT2D eigenvalue weighted by atomic mass is 10.1. The molecule has 1 aliphatic rings. The van der Waals surface area contributed by atoms with E-state index in [1.165, 1.54) is 4.90 Å². The summed E-state index contributed by atoms with van der Waals surface area (Å²) < 4.78 is 25.1. The molecule has 0 N–H and O–H groups in total. The summed E-state index contributed by atoms with van der Waals surface area (Å²) in [6, 6.07) is 10.3. The summed E-state index contributed by atoms with van der Waals surface area (Å²) in [6.07, 6.45) is -0.448. The number of rotatable bonds is 9. The van der Waals surface area contributed by atoms with E-state index >= 15 is 0 Å². The molecule has 1 aromatic rings. The molecular weight excluding hydrogens is 388 g/mol. The van der Waals surface area contributed by atoms with E-state index in [4.69, 9.17) is 18.6 Å². The molecule has 0 aromatic heterocycles. The Bertz CT molecular complexity index is 559. The van der Waals surface area contributed by atoms with Crippen LogP contribution in [0.15, 0.2) is 35.2 Å². The molecule has 0 bridgehead atoms. The molecule has 160 valence electrons. The van der Waals surface area contributed by atoms with Crippen LogP contribution in [-0.4, -0.2) is 52.9 Å². The smallest absolute Gasteiger partial charge is 0.201 e. The van der Waals surface area contributed by atoms with Gasteiger partial charge in [-0.05, 0) is 28.8 Å². The Morgan fingerprint density at radius 1 is 0.893 bits per heavy atom. The zero-order valence-electron chi connectivity index (χ0n) is 18.7. The van der Waals surface area contributed by atoms with Gasteiger partial charge in [0.1, 0.15) is 17.6 Å². The van der Waals surface area contributed by atoms with Gasteiger partial charge >= 0.3 is 0 Å². The van der Waals surface area contributed by atoms with Gasteiger partial charge in [0, 0.05) is 19.1 Å². The van der Waals surface area contributed by atoms with Crippen LogP contribution in [0.5, 0.6) is 0 Å². The van der Waals surface area contributed by atoms with Gasteiger partial charge in [-0.3, -0.25) is 0 Å². The van der Waals surface area contributed by atoms with Crippen molar-refractivity contribution in [3.8, 4) is 0 Å². The minimum Gasteiger partial charge on any atom is -0.408 e. The minimum absolute atomic E-state index is 0.110. The number of methoxy groups -OCH3 is 2. The van der Waals surface area contributed by atoms with Crippen molar-refractivity contribution in [2.75, 3.05) is 20.8 Å². The van der Waals surface area contributed by atoms with Crippen molar-refractivity contribution in [1.82, 2.24) is 0 Å². The molecule has 0 aliphatic carbocycles. The van der Waals surface area contributed by atoms with Gasteiger partial charge < -0.3 is 18.6 Å². The van der Waals surface area contributed by atoms with Crippen LogP contribution in [0, 0.1) is 0 Å². The maximum absolute atomic E-state index is 7.00. The molecule has 0 saturated carbocycles. The van der Waals surface area contributed by atoms with Gasteiger partial charge in [-0.2, -0.15) is 0 Å². The topological polar surface area (TPSA) is 36.9 Å². The van der Waals surface area contributed by atoms with Gasteiger partial charge in [0.15, 0.2) is 0 Å². The van der Waals surface area contributed by atoms with E-state index in [2.05, 4.69) is 53.7 Å². The van der Waals surface area contributed by atoms with Crippen LogP contribution in [0.4, 0.5) is 0 Å². The van der Waals surface area contributed by atoms with Crippen molar-refractivity contribution in [1.29, 1.82) is 0 Å². The molecule has 1 aliphatic heterocycles. The standard InChI is InChI=1S/C22H38O4SSi/c1-15(2)28(16(3)4,17(5)6)26-19-14-25-22(21(24-8)20(19)23-7)27-18-12-10-9-11-13-18/h9-13,15-17,19-22H,14H2,1-8H3/t19-,20+,21-,22+/m1/s1. The van der Waals surface area contributed by atoms with E-state index in [0.29, 0.717) is 23.2 Å². The summed E-state index contributed by atoms with van der Waals surface area (Å²) in [5, 5.41) is 0. The summed E-state index contributed by atoms with van der Waals surface area (Å²) in [7, 11) is 1.46. The van der Waals surface area contributed by atoms with Crippen molar-refractivity contribution in [2.45, 2.75) is 86.8 Å². The van der Waals surface area contributed by atoms with Crippen LogP contribution in [0.2, 0.25) is 16.6 Å². The summed E-state index contributed by atoms with van der Waals surface area (Å²) in [4.78, 5) is 1.17. The van der Waals surface area contributed by atoms with Crippen LogP contribution in [0.1, 0.15) is 41.5 Å². The zero-order chi connectivity index (χ0) is 20.9. The Morgan fingerprint density at radius 3 is 1.89 bits per heavy atom. The number of hydrogen-bond acceptors (Lipinski definition) is 5. The van der Waals surface area contributed by atoms with Gasteiger partial charge in [0.05, 0.1) is 12.7 Å². The maximum atomic E-state index is 7.00. The lowest BCUT2D eigenvalue weighted by molar-refractivity contribution is -0.178. The highest BCUT2D eigenvalue weighted by atomic mass is 32.2. The van der Waals surface area contributed by atoms with E-state index < -0.39 is 8.32 Å². The molecule has 0 unspecified atom stereocenters. The first kappa shape index (κ1) is 23.9. The van der Waals surface area contributed by atoms with Crippen molar-refractivity contribution in [3.63, 3.8) is 0 Å². The third-order valence-electron chi connectivity index (χ3n) is 5.99. The third kappa shape index (κ3) is 5.02. The van der Waals surface area contributed by atoms with Crippen LogP contribution < -0.4 is 0 Å². The predicted octanol–water partition coefficient (Wildman–Crippen LogP) is 5.73. The first-order valence-corrected chi connectivity index (χ1v) is 13.4. The summed E-state index contributed by atoms with van der Waals surface area (Å²) in [5.74, 6) is 0. The Hall–Kier alpha value is -0.373. The lowest BCUT2D eigenvalue weighted by Crippen LogP contribution is -2.60. The second-order valence-corrected chi connectivity index (χ2v) is 15.1. The number of benzene rings is 1. The largest absolute Gasteiger partial charge is 0.408 e. The molecule has 0 amide bonds. The molecule has 1 heterocycles. The summed E-state index contributed by atoms with van der Waals surface area (Å²) in [6.45, 7) is 14.4. The van der Waals surface area contributed by atoms with E-state index in [1.807, 2.05) is 18.2 Å². The first-order chi connectivity index (χ1) is 13.3. The molecule has 0 spiro atoms. The number of thioether (sulfide) groups is 1. The lowest BCUT2D eigenvalue weighted by Gasteiger charge is -2.49. The molecule has 1 fully saturated rings. The van der Waals surface area contributed by atoms with E-state index in [1.54, 1.807) is 26.0 Å². The van der Waals surface area contributed by atoms with Crippen molar-refractivity contribution < 1.29 is 18.6 Å². The normalized spacial score (nSPS) is 26.4. The average molecular weight is 427 g/mol. The molecule has 0 radical (unpaired) electrons. The monoisotopic (exact) mass is 426 g/mol. The first-order valence-electron chi connectivity index (χ1n) is 10.3. The van der Waals surface area contributed by atoms with E-state index in [0.717, 1.165) is 0 Å². The Balaban J connectivity index is 2.23. The molecule has 28 heavy (non-hydrogen) atoms. The molecule has 4 nitrogen and oxygen atoms in total. The predicted molar refractivity (Wildman–Crippen MR) is 120 cm³/mol. The molecular formula is C22H38O4SSi. The van der Waals surface area contributed by atoms with Crippen LogP contribution in [0.3, 0.4) is 0 Å². The van der Waals surface area contributed by atoms with Crippen molar-refractivity contribution >= 4 is 20.1 Å². The van der Waals surface area contributed by atoms with Crippen LogP contribution in [-0.2, 0) is 18.6 Å². The van der Waals surface area contributed by atoms with E-state index in [9.17, 15) is 0 Å². The highest BCUT2D eigenvalue weighted by molar-refractivity contribution is 7.99. The van der Waals surface area contributed by atoms with Gasteiger partial charge in [-0.15, -0.1) is 0 Å².